The Balaban J connectivity index is 1.63. The molecular formula is C15H26N4OS2. The zero-order valence-corrected chi connectivity index (χ0v) is 15.3. The first-order valence-corrected chi connectivity index (χ1v) is 9.66. The SMILES string of the molecule is C[C@H]1CN(C)CC[C@@H]1N(C)C(=O)NCCCSc1nccs1. The van der Waals surface area contributed by atoms with E-state index in [4.69, 9.17) is 0 Å². The number of carbonyl (C=O) groups is 1. The number of nitrogens with one attached hydrogen (secondary N) is 1. The van der Waals surface area contributed by atoms with E-state index in [0.29, 0.717) is 12.0 Å². The van der Waals surface area contributed by atoms with Crippen LogP contribution in [-0.4, -0.2) is 66.3 Å². The molecule has 0 aliphatic carbocycles. The average Bonchev–Trinajstić information content (AvgIpc) is 2.99. The van der Waals surface area contributed by atoms with Crippen molar-refractivity contribution in [3.63, 3.8) is 0 Å². The molecule has 1 N–H and O–H groups in total. The molecule has 2 amide bonds. The number of amides is 2. The topological polar surface area (TPSA) is 48.5 Å². The van der Waals surface area contributed by atoms with Crippen LogP contribution < -0.4 is 5.32 Å². The highest BCUT2D eigenvalue weighted by Crippen LogP contribution is 2.21. The van der Waals surface area contributed by atoms with Crippen molar-refractivity contribution in [3.05, 3.63) is 11.6 Å². The lowest BCUT2D eigenvalue weighted by molar-refractivity contribution is 0.107. The molecule has 1 fully saturated rings. The first kappa shape index (κ1) is 17.6. The summed E-state index contributed by atoms with van der Waals surface area (Å²) in [6.45, 7) is 5.08. The molecule has 1 aliphatic heterocycles. The molecule has 1 aromatic rings. The van der Waals surface area contributed by atoms with E-state index in [1.54, 1.807) is 23.1 Å². The Morgan fingerprint density at radius 3 is 3.14 bits per heavy atom. The van der Waals surface area contributed by atoms with Gasteiger partial charge in [0.2, 0.25) is 0 Å². The van der Waals surface area contributed by atoms with Crippen LogP contribution in [0.1, 0.15) is 19.8 Å². The number of urea groups is 1. The summed E-state index contributed by atoms with van der Waals surface area (Å²) in [5.41, 5.74) is 0. The number of aromatic nitrogens is 1. The molecule has 0 radical (unpaired) electrons. The lowest BCUT2D eigenvalue weighted by Crippen LogP contribution is -2.52. The number of carbonyl (C=O) groups excluding carboxylic acids is 1. The highest BCUT2D eigenvalue weighted by molar-refractivity contribution is 8.00. The number of rotatable bonds is 6. The molecule has 124 valence electrons. The van der Waals surface area contributed by atoms with Crippen molar-refractivity contribution in [2.45, 2.75) is 30.1 Å². The van der Waals surface area contributed by atoms with Crippen molar-refractivity contribution in [2.75, 3.05) is 39.5 Å². The van der Waals surface area contributed by atoms with E-state index in [1.807, 2.05) is 23.5 Å². The molecule has 7 heteroatoms. The minimum Gasteiger partial charge on any atom is -0.338 e. The van der Waals surface area contributed by atoms with Crippen LogP contribution in [0.15, 0.2) is 15.9 Å². The summed E-state index contributed by atoms with van der Waals surface area (Å²) in [5, 5.41) is 5.02. The maximum Gasteiger partial charge on any atom is 0.317 e. The van der Waals surface area contributed by atoms with Crippen LogP contribution in [0.5, 0.6) is 0 Å². The Bertz CT molecular complexity index is 454. The van der Waals surface area contributed by atoms with E-state index in [0.717, 1.165) is 42.6 Å². The molecule has 0 aromatic carbocycles. The predicted octanol–water partition coefficient (Wildman–Crippen LogP) is 2.61. The van der Waals surface area contributed by atoms with Crippen LogP contribution in [0.2, 0.25) is 0 Å². The van der Waals surface area contributed by atoms with Crippen LogP contribution in [0.4, 0.5) is 4.79 Å². The first-order chi connectivity index (χ1) is 10.6. The number of hydrogen-bond donors (Lipinski definition) is 1. The minimum atomic E-state index is 0.0562. The zero-order chi connectivity index (χ0) is 15.9. The third-order valence-corrected chi connectivity index (χ3v) is 6.17. The van der Waals surface area contributed by atoms with Gasteiger partial charge in [-0.2, -0.15) is 0 Å². The van der Waals surface area contributed by atoms with Gasteiger partial charge < -0.3 is 15.1 Å². The van der Waals surface area contributed by atoms with Gasteiger partial charge in [-0.25, -0.2) is 9.78 Å². The Morgan fingerprint density at radius 1 is 1.64 bits per heavy atom. The van der Waals surface area contributed by atoms with Crippen LogP contribution in [-0.2, 0) is 0 Å². The van der Waals surface area contributed by atoms with Crippen molar-refractivity contribution in [3.8, 4) is 0 Å². The monoisotopic (exact) mass is 342 g/mol. The molecular weight excluding hydrogens is 316 g/mol. The van der Waals surface area contributed by atoms with Crippen molar-refractivity contribution in [2.24, 2.45) is 5.92 Å². The number of thioether (sulfide) groups is 1. The number of nitrogens with zero attached hydrogens (tertiary/aromatic N) is 3. The van der Waals surface area contributed by atoms with E-state index in [2.05, 4.69) is 29.2 Å². The van der Waals surface area contributed by atoms with Gasteiger partial charge in [0.05, 0.1) is 0 Å². The number of piperidine rings is 1. The molecule has 0 bridgehead atoms. The Labute approximate surface area is 141 Å². The number of hydrogen-bond acceptors (Lipinski definition) is 5. The van der Waals surface area contributed by atoms with Gasteiger partial charge in [0.15, 0.2) is 0 Å². The normalized spacial score (nSPS) is 22.5. The third kappa shape index (κ3) is 5.14. The van der Waals surface area contributed by atoms with Gasteiger partial charge in [-0.15, -0.1) is 11.3 Å². The van der Waals surface area contributed by atoms with Crippen LogP contribution in [0, 0.1) is 5.92 Å². The van der Waals surface area contributed by atoms with E-state index in [1.165, 1.54) is 0 Å². The second-order valence-corrected chi connectivity index (χ2v) is 8.18. The average molecular weight is 343 g/mol. The summed E-state index contributed by atoms with van der Waals surface area (Å²) in [7, 11) is 4.07. The highest BCUT2D eigenvalue weighted by atomic mass is 32.2. The molecule has 22 heavy (non-hydrogen) atoms. The zero-order valence-electron chi connectivity index (χ0n) is 13.6. The molecule has 1 aromatic heterocycles. The molecule has 2 rings (SSSR count). The van der Waals surface area contributed by atoms with E-state index in [-0.39, 0.29) is 6.03 Å². The third-order valence-electron chi connectivity index (χ3n) is 4.11. The van der Waals surface area contributed by atoms with Crippen LogP contribution in [0.3, 0.4) is 0 Å². The van der Waals surface area contributed by atoms with Crippen LogP contribution in [0.25, 0.3) is 0 Å². The fourth-order valence-corrected chi connectivity index (χ4v) is 4.55. The van der Waals surface area contributed by atoms with E-state index >= 15 is 0 Å². The predicted molar refractivity (Wildman–Crippen MR) is 93.7 cm³/mol. The van der Waals surface area contributed by atoms with Gasteiger partial charge in [-0.05, 0) is 32.4 Å². The van der Waals surface area contributed by atoms with Gasteiger partial charge >= 0.3 is 6.03 Å². The Morgan fingerprint density at radius 2 is 2.45 bits per heavy atom. The smallest absolute Gasteiger partial charge is 0.317 e. The second-order valence-electron chi connectivity index (χ2n) is 5.94. The van der Waals surface area contributed by atoms with E-state index < -0.39 is 0 Å². The van der Waals surface area contributed by atoms with Gasteiger partial charge in [0.1, 0.15) is 4.34 Å². The molecule has 0 spiro atoms. The molecule has 0 saturated carbocycles. The van der Waals surface area contributed by atoms with Crippen molar-refractivity contribution in [1.82, 2.24) is 20.1 Å². The first-order valence-electron chi connectivity index (χ1n) is 7.79. The van der Waals surface area contributed by atoms with Gasteiger partial charge in [-0.1, -0.05) is 18.7 Å². The van der Waals surface area contributed by atoms with Gasteiger partial charge in [0, 0.05) is 43.5 Å². The molecule has 1 aliphatic rings. The Kier molecular flexibility index (Phi) is 6.98. The van der Waals surface area contributed by atoms with Gasteiger partial charge in [-0.3, -0.25) is 0 Å². The Hall–Kier alpha value is -0.790. The number of thiazole rings is 1. The summed E-state index contributed by atoms with van der Waals surface area (Å²) < 4.78 is 1.10. The molecule has 2 atom stereocenters. The maximum absolute atomic E-state index is 12.2. The molecule has 2 heterocycles. The van der Waals surface area contributed by atoms with Crippen molar-refractivity contribution < 1.29 is 4.79 Å². The minimum absolute atomic E-state index is 0.0562. The fraction of sp³-hybridized carbons (Fsp3) is 0.733. The molecule has 5 nitrogen and oxygen atoms in total. The lowest BCUT2D eigenvalue weighted by atomic mass is 9.93. The second kappa shape index (κ2) is 8.74. The van der Waals surface area contributed by atoms with Gasteiger partial charge in [0.25, 0.3) is 0 Å². The van der Waals surface area contributed by atoms with Crippen molar-refractivity contribution >= 4 is 29.1 Å². The highest BCUT2D eigenvalue weighted by Gasteiger charge is 2.29. The summed E-state index contributed by atoms with van der Waals surface area (Å²) in [4.78, 5) is 20.7. The summed E-state index contributed by atoms with van der Waals surface area (Å²) >= 11 is 3.42. The van der Waals surface area contributed by atoms with Crippen molar-refractivity contribution in [1.29, 1.82) is 0 Å². The maximum atomic E-state index is 12.2. The lowest BCUT2D eigenvalue weighted by Gasteiger charge is -2.39. The summed E-state index contributed by atoms with van der Waals surface area (Å²) in [5.74, 6) is 1.51. The quantitative estimate of drug-likeness (QED) is 0.638. The standard InChI is InChI=1S/C15H26N4OS2/c1-12-11-18(2)8-5-13(12)19(3)14(20)16-6-4-9-21-15-17-7-10-22-15/h7,10,12-13H,4-6,8-9,11H2,1-3H3,(H,16,20)/t12-,13-/m0/s1. The summed E-state index contributed by atoms with van der Waals surface area (Å²) in [6, 6.07) is 0.404. The van der Waals surface area contributed by atoms with E-state index in [9.17, 15) is 4.79 Å². The fourth-order valence-electron chi connectivity index (χ4n) is 2.90. The number of likely N-dealkylation sites (tertiary alicyclic amines) is 1. The summed E-state index contributed by atoms with van der Waals surface area (Å²) in [6.07, 6.45) is 3.85. The molecule has 1 saturated heterocycles. The molecule has 0 unspecified atom stereocenters. The largest absolute Gasteiger partial charge is 0.338 e. The van der Waals surface area contributed by atoms with Crippen LogP contribution >= 0.6 is 23.1 Å².